The Hall–Kier alpha value is -2.26. The molecule has 0 radical (unpaired) electrons. The van der Waals surface area contributed by atoms with Gasteiger partial charge in [0.1, 0.15) is 25.2 Å². The first kappa shape index (κ1) is 18.1. The van der Waals surface area contributed by atoms with Gasteiger partial charge in [0.05, 0.1) is 6.66 Å². The van der Waals surface area contributed by atoms with Gasteiger partial charge in [-0.1, -0.05) is 97.1 Å². The minimum Gasteiger partial charge on any atom is -0.0622 e. The van der Waals surface area contributed by atoms with Gasteiger partial charge >= 0.3 is 0 Å². The van der Waals surface area contributed by atoms with E-state index in [2.05, 4.69) is 128 Å². The Balaban J connectivity index is 2.01. The Morgan fingerprint density at radius 3 is 1.07 bits per heavy atom. The Labute approximate surface area is 163 Å². The summed E-state index contributed by atoms with van der Waals surface area (Å²) in [5, 5.41) is 5.83. The highest BCUT2D eigenvalue weighted by Gasteiger charge is 2.48. The first-order valence-electron chi connectivity index (χ1n) is 9.18. The summed E-state index contributed by atoms with van der Waals surface area (Å²) in [6.45, 7) is 0.854. The van der Waals surface area contributed by atoms with E-state index in [-0.39, 0.29) is 0 Å². The standard InChI is InChI=1S/C25H23P2/c1-27(24-18-10-4-11-19-24,25-20-12-5-13-21-25)26(22-14-6-2-7-15-22)23-16-8-3-9-17-23/h2-21H,1H3/q+1. The maximum absolute atomic E-state index is 2.52. The summed E-state index contributed by atoms with van der Waals surface area (Å²) in [7, 11) is -0.538. The molecule has 2 heteroatoms. The summed E-state index contributed by atoms with van der Waals surface area (Å²) in [6.07, 6.45) is 0. The largest absolute Gasteiger partial charge is 0.129 e. The van der Waals surface area contributed by atoms with E-state index in [0.717, 1.165) is 0 Å². The minimum atomic E-state index is -1.66. The molecule has 4 rings (SSSR count). The van der Waals surface area contributed by atoms with Crippen LogP contribution >= 0.6 is 14.6 Å². The van der Waals surface area contributed by atoms with Gasteiger partial charge < -0.3 is 0 Å². The van der Waals surface area contributed by atoms with Crippen molar-refractivity contribution in [3.8, 4) is 0 Å². The lowest BCUT2D eigenvalue weighted by Gasteiger charge is -2.31. The summed E-state index contributed by atoms with van der Waals surface area (Å²) in [6, 6.07) is 44.4. The third-order valence-electron chi connectivity index (χ3n) is 4.92. The van der Waals surface area contributed by atoms with Gasteiger partial charge in [0.2, 0.25) is 0 Å². The number of hydrogen-bond acceptors (Lipinski definition) is 0. The molecule has 0 fully saturated rings. The first-order valence-corrected chi connectivity index (χ1v) is 13.5. The van der Waals surface area contributed by atoms with Crippen LogP contribution in [0.2, 0.25) is 0 Å². The molecular weight excluding hydrogens is 362 g/mol. The molecule has 0 saturated heterocycles. The highest BCUT2D eigenvalue weighted by Crippen LogP contribution is 2.78. The second-order valence-corrected chi connectivity index (χ2v) is 14.8. The van der Waals surface area contributed by atoms with Crippen LogP contribution in [0.15, 0.2) is 121 Å². The van der Waals surface area contributed by atoms with Gasteiger partial charge in [0.15, 0.2) is 0 Å². The van der Waals surface area contributed by atoms with Crippen LogP contribution in [-0.2, 0) is 0 Å². The first-order chi connectivity index (χ1) is 13.3. The van der Waals surface area contributed by atoms with Gasteiger partial charge in [0, 0.05) is 10.6 Å². The Morgan fingerprint density at radius 2 is 0.741 bits per heavy atom. The van der Waals surface area contributed by atoms with Crippen LogP contribution in [-0.4, -0.2) is 6.66 Å². The van der Waals surface area contributed by atoms with Crippen LogP contribution in [0, 0.1) is 0 Å². The molecule has 0 unspecified atom stereocenters. The molecular formula is C25H23P2+. The Morgan fingerprint density at radius 1 is 0.444 bits per heavy atom. The third kappa shape index (κ3) is 3.61. The van der Waals surface area contributed by atoms with Gasteiger partial charge in [-0.3, -0.25) is 0 Å². The molecule has 0 aliphatic heterocycles. The zero-order chi connectivity index (χ0) is 18.5. The lowest BCUT2D eigenvalue weighted by Crippen LogP contribution is -2.26. The maximum atomic E-state index is 2.52. The highest BCUT2D eigenvalue weighted by atomic mass is 32.1. The summed E-state index contributed by atoms with van der Waals surface area (Å²) >= 11 is 0. The van der Waals surface area contributed by atoms with Crippen molar-refractivity contribution in [1.29, 1.82) is 0 Å². The smallest absolute Gasteiger partial charge is 0.0622 e. The van der Waals surface area contributed by atoms with Crippen LogP contribution < -0.4 is 21.2 Å². The summed E-state index contributed by atoms with van der Waals surface area (Å²) in [5.41, 5.74) is 0. The molecule has 0 heterocycles. The van der Waals surface area contributed by atoms with Crippen molar-refractivity contribution < 1.29 is 0 Å². The van der Waals surface area contributed by atoms with Crippen LogP contribution in [0.4, 0.5) is 0 Å². The van der Waals surface area contributed by atoms with Crippen molar-refractivity contribution in [3.05, 3.63) is 121 Å². The molecule has 0 spiro atoms. The molecule has 0 nitrogen and oxygen atoms in total. The van der Waals surface area contributed by atoms with E-state index in [1.807, 2.05) is 0 Å². The molecule has 0 atom stereocenters. The molecule has 0 bridgehead atoms. The van der Waals surface area contributed by atoms with Gasteiger partial charge in [-0.25, -0.2) is 0 Å². The lowest BCUT2D eigenvalue weighted by atomic mass is 10.4. The predicted molar refractivity (Wildman–Crippen MR) is 124 cm³/mol. The van der Waals surface area contributed by atoms with Crippen molar-refractivity contribution in [1.82, 2.24) is 0 Å². The van der Waals surface area contributed by atoms with Crippen molar-refractivity contribution in [3.63, 3.8) is 0 Å². The molecule has 132 valence electrons. The van der Waals surface area contributed by atoms with Crippen molar-refractivity contribution in [2.45, 2.75) is 0 Å². The summed E-state index contributed by atoms with van der Waals surface area (Å²) < 4.78 is 0. The fourth-order valence-corrected chi connectivity index (χ4v) is 13.7. The van der Waals surface area contributed by atoms with E-state index in [4.69, 9.17) is 0 Å². The quantitative estimate of drug-likeness (QED) is 0.407. The molecule has 0 aliphatic rings. The zero-order valence-corrected chi connectivity index (χ0v) is 17.2. The van der Waals surface area contributed by atoms with E-state index < -0.39 is 14.6 Å². The fraction of sp³-hybridized carbons (Fsp3) is 0.0400. The molecule has 4 aromatic rings. The molecule has 0 aromatic heterocycles. The van der Waals surface area contributed by atoms with Crippen molar-refractivity contribution in [2.75, 3.05) is 6.66 Å². The molecule has 0 N–H and O–H groups in total. The average Bonchev–Trinajstić information content (AvgIpc) is 2.76. The predicted octanol–water partition coefficient (Wildman–Crippen LogP) is 5.33. The number of benzene rings is 4. The second kappa shape index (κ2) is 8.18. The normalized spacial score (nSPS) is 11.5. The van der Waals surface area contributed by atoms with Gasteiger partial charge in [-0.15, -0.1) is 0 Å². The van der Waals surface area contributed by atoms with Gasteiger partial charge in [-0.2, -0.15) is 0 Å². The molecule has 0 aliphatic carbocycles. The molecule has 0 saturated carbocycles. The number of rotatable bonds is 5. The maximum Gasteiger partial charge on any atom is 0.129 e. The monoisotopic (exact) mass is 385 g/mol. The van der Waals surface area contributed by atoms with Crippen molar-refractivity contribution in [2.24, 2.45) is 0 Å². The number of hydrogen-bond donors (Lipinski definition) is 0. The van der Waals surface area contributed by atoms with E-state index in [1.165, 1.54) is 21.2 Å². The molecule has 0 amide bonds. The van der Waals surface area contributed by atoms with Crippen LogP contribution in [0.1, 0.15) is 0 Å². The third-order valence-corrected chi connectivity index (χ3v) is 15.1. The lowest BCUT2D eigenvalue weighted by molar-refractivity contribution is 1.74. The zero-order valence-electron chi connectivity index (χ0n) is 15.4. The van der Waals surface area contributed by atoms with E-state index in [0.29, 0.717) is 0 Å². The van der Waals surface area contributed by atoms with Crippen molar-refractivity contribution >= 4 is 35.8 Å². The average molecular weight is 385 g/mol. The fourth-order valence-electron chi connectivity index (χ4n) is 3.57. The minimum absolute atomic E-state index is 0.538. The second-order valence-electron chi connectivity index (χ2n) is 6.61. The van der Waals surface area contributed by atoms with E-state index in [1.54, 1.807) is 0 Å². The van der Waals surface area contributed by atoms with Crippen LogP contribution in [0.25, 0.3) is 0 Å². The Kier molecular flexibility index (Phi) is 5.49. The highest BCUT2D eigenvalue weighted by molar-refractivity contribution is 8.49. The topological polar surface area (TPSA) is 0 Å². The Bertz CT molecular complexity index is 889. The summed E-state index contributed by atoms with van der Waals surface area (Å²) in [5.74, 6) is 0. The molecule has 4 aromatic carbocycles. The van der Waals surface area contributed by atoms with Crippen LogP contribution in [0.5, 0.6) is 0 Å². The summed E-state index contributed by atoms with van der Waals surface area (Å²) in [4.78, 5) is 0. The van der Waals surface area contributed by atoms with Gasteiger partial charge in [-0.05, 0) is 24.3 Å². The van der Waals surface area contributed by atoms with E-state index in [9.17, 15) is 0 Å². The van der Waals surface area contributed by atoms with E-state index >= 15 is 0 Å². The van der Waals surface area contributed by atoms with Gasteiger partial charge in [0.25, 0.3) is 0 Å². The molecule has 27 heavy (non-hydrogen) atoms. The SMILES string of the molecule is C[P+](c1ccccc1)(c1ccccc1)P(c1ccccc1)c1ccccc1. The van der Waals surface area contributed by atoms with Crippen LogP contribution in [0.3, 0.4) is 0 Å².